The van der Waals surface area contributed by atoms with Gasteiger partial charge in [-0.25, -0.2) is 9.97 Å². The first-order valence-corrected chi connectivity index (χ1v) is 5.48. The highest BCUT2D eigenvalue weighted by atomic mass is 15.0. The average molecular weight is 229 g/mol. The highest BCUT2D eigenvalue weighted by molar-refractivity contribution is 5.53. The molecule has 2 heterocycles. The van der Waals surface area contributed by atoms with Crippen LogP contribution in [-0.4, -0.2) is 21.5 Å². The molecule has 0 fully saturated rings. The second kappa shape index (κ2) is 5.25. The van der Waals surface area contributed by atoms with Crippen molar-refractivity contribution in [2.75, 3.05) is 17.6 Å². The molecule has 0 radical (unpaired) electrons. The zero-order chi connectivity index (χ0) is 12.1. The van der Waals surface area contributed by atoms with Gasteiger partial charge in [-0.15, -0.1) is 0 Å². The summed E-state index contributed by atoms with van der Waals surface area (Å²) in [5, 5.41) is 3.23. The third kappa shape index (κ3) is 2.90. The minimum atomic E-state index is 0.514. The van der Waals surface area contributed by atoms with Crippen LogP contribution in [0.3, 0.4) is 0 Å². The van der Waals surface area contributed by atoms with Gasteiger partial charge in [0.05, 0.1) is 0 Å². The van der Waals surface area contributed by atoms with Crippen molar-refractivity contribution in [3.8, 4) is 0 Å². The predicted octanol–water partition coefficient (Wildman–Crippen LogP) is 1.42. The topological polar surface area (TPSA) is 76.7 Å². The minimum absolute atomic E-state index is 0.514. The molecular formula is C12H15N5. The molecule has 0 aliphatic rings. The van der Waals surface area contributed by atoms with Gasteiger partial charge in [0.1, 0.15) is 18.0 Å². The molecule has 17 heavy (non-hydrogen) atoms. The van der Waals surface area contributed by atoms with Gasteiger partial charge in [-0.2, -0.15) is 0 Å². The Bertz CT molecular complexity index is 484. The van der Waals surface area contributed by atoms with Gasteiger partial charge in [-0.05, 0) is 19.1 Å². The minimum Gasteiger partial charge on any atom is -0.383 e. The van der Waals surface area contributed by atoms with E-state index in [-0.39, 0.29) is 0 Å². The Morgan fingerprint density at radius 3 is 2.88 bits per heavy atom. The summed E-state index contributed by atoms with van der Waals surface area (Å²) in [5.74, 6) is 1.30. The van der Waals surface area contributed by atoms with Gasteiger partial charge >= 0.3 is 0 Å². The lowest BCUT2D eigenvalue weighted by atomic mass is 10.2. The van der Waals surface area contributed by atoms with E-state index in [0.29, 0.717) is 5.82 Å². The SMILES string of the molecule is Cc1c(N)ncnc1NCCc1ccccn1. The molecule has 5 heteroatoms. The fraction of sp³-hybridized carbons (Fsp3) is 0.250. The standard InChI is InChI=1S/C12H15N5/c1-9-11(13)16-8-17-12(9)15-7-5-10-4-2-3-6-14-10/h2-4,6,8H,5,7H2,1H3,(H3,13,15,16,17). The highest BCUT2D eigenvalue weighted by Crippen LogP contribution is 2.14. The van der Waals surface area contributed by atoms with E-state index in [9.17, 15) is 0 Å². The number of nitrogens with two attached hydrogens (primary N) is 1. The molecule has 0 saturated carbocycles. The van der Waals surface area contributed by atoms with Crippen molar-refractivity contribution in [1.29, 1.82) is 0 Å². The quantitative estimate of drug-likeness (QED) is 0.829. The Balaban J connectivity index is 1.93. The summed E-state index contributed by atoms with van der Waals surface area (Å²) in [7, 11) is 0. The molecule has 0 aliphatic heterocycles. The van der Waals surface area contributed by atoms with E-state index in [1.807, 2.05) is 25.1 Å². The Kier molecular flexibility index (Phi) is 3.49. The molecule has 3 N–H and O–H groups in total. The van der Waals surface area contributed by atoms with Gasteiger partial charge in [0.15, 0.2) is 0 Å². The molecule has 88 valence electrons. The molecule has 2 rings (SSSR count). The summed E-state index contributed by atoms with van der Waals surface area (Å²) in [4.78, 5) is 12.3. The average Bonchev–Trinajstić information content (AvgIpc) is 2.36. The summed E-state index contributed by atoms with van der Waals surface area (Å²) in [6, 6.07) is 5.89. The van der Waals surface area contributed by atoms with Gasteiger partial charge in [-0.1, -0.05) is 6.07 Å². The van der Waals surface area contributed by atoms with Gasteiger partial charge in [0, 0.05) is 30.4 Å². The van der Waals surface area contributed by atoms with E-state index >= 15 is 0 Å². The summed E-state index contributed by atoms with van der Waals surface area (Å²) < 4.78 is 0. The fourth-order valence-corrected chi connectivity index (χ4v) is 1.50. The Hall–Kier alpha value is -2.17. The van der Waals surface area contributed by atoms with Crippen LogP contribution in [0, 0.1) is 6.92 Å². The summed E-state index contributed by atoms with van der Waals surface area (Å²) >= 11 is 0. The van der Waals surface area contributed by atoms with Crippen LogP contribution in [0.1, 0.15) is 11.3 Å². The number of anilines is 2. The maximum absolute atomic E-state index is 5.70. The van der Waals surface area contributed by atoms with Gasteiger partial charge in [0.25, 0.3) is 0 Å². The molecule has 5 nitrogen and oxygen atoms in total. The normalized spacial score (nSPS) is 10.2. The third-order valence-corrected chi connectivity index (χ3v) is 2.52. The molecule has 2 aromatic heterocycles. The van der Waals surface area contributed by atoms with E-state index in [2.05, 4.69) is 20.3 Å². The molecular weight excluding hydrogens is 214 g/mol. The third-order valence-electron chi connectivity index (χ3n) is 2.52. The number of rotatable bonds is 4. The second-order valence-electron chi connectivity index (χ2n) is 3.73. The first-order valence-electron chi connectivity index (χ1n) is 5.48. The molecule has 0 bridgehead atoms. The van der Waals surface area contributed by atoms with Gasteiger partial charge in [0.2, 0.25) is 0 Å². The van der Waals surface area contributed by atoms with Crippen molar-refractivity contribution in [2.24, 2.45) is 0 Å². The molecule has 0 aliphatic carbocycles. The van der Waals surface area contributed by atoms with Crippen molar-refractivity contribution in [1.82, 2.24) is 15.0 Å². The number of nitrogens with one attached hydrogen (secondary N) is 1. The summed E-state index contributed by atoms with van der Waals surface area (Å²) in [6.07, 6.45) is 4.11. The molecule has 0 saturated heterocycles. The van der Waals surface area contributed by atoms with Crippen molar-refractivity contribution >= 4 is 11.6 Å². The van der Waals surface area contributed by atoms with Crippen molar-refractivity contribution in [3.05, 3.63) is 42.0 Å². The van der Waals surface area contributed by atoms with E-state index in [1.165, 1.54) is 6.33 Å². The maximum atomic E-state index is 5.70. The number of hydrogen-bond acceptors (Lipinski definition) is 5. The largest absolute Gasteiger partial charge is 0.383 e. The van der Waals surface area contributed by atoms with E-state index in [1.54, 1.807) is 6.20 Å². The number of nitrogens with zero attached hydrogens (tertiary/aromatic N) is 3. The van der Waals surface area contributed by atoms with Crippen molar-refractivity contribution in [2.45, 2.75) is 13.3 Å². The molecule has 0 aromatic carbocycles. The predicted molar refractivity (Wildman–Crippen MR) is 67.6 cm³/mol. The van der Waals surface area contributed by atoms with Crippen LogP contribution in [0.4, 0.5) is 11.6 Å². The van der Waals surface area contributed by atoms with Gasteiger partial charge < -0.3 is 11.1 Å². The monoisotopic (exact) mass is 229 g/mol. The van der Waals surface area contributed by atoms with Crippen LogP contribution < -0.4 is 11.1 Å². The number of pyridine rings is 1. The molecule has 0 spiro atoms. The van der Waals surface area contributed by atoms with Crippen molar-refractivity contribution in [3.63, 3.8) is 0 Å². The fourth-order valence-electron chi connectivity index (χ4n) is 1.50. The molecule has 0 atom stereocenters. The van der Waals surface area contributed by atoms with Crippen LogP contribution >= 0.6 is 0 Å². The first-order chi connectivity index (χ1) is 8.27. The zero-order valence-corrected chi connectivity index (χ0v) is 9.72. The zero-order valence-electron chi connectivity index (χ0n) is 9.72. The van der Waals surface area contributed by atoms with Crippen LogP contribution in [0.5, 0.6) is 0 Å². The summed E-state index contributed by atoms with van der Waals surface area (Å²) in [6.45, 7) is 2.67. The number of aromatic nitrogens is 3. The summed E-state index contributed by atoms with van der Waals surface area (Å²) in [5.41, 5.74) is 7.64. The van der Waals surface area contributed by atoms with Crippen LogP contribution in [0.25, 0.3) is 0 Å². The maximum Gasteiger partial charge on any atom is 0.134 e. The number of nitrogen functional groups attached to an aromatic ring is 1. The van der Waals surface area contributed by atoms with Crippen molar-refractivity contribution < 1.29 is 0 Å². The first kappa shape index (κ1) is 11.3. The molecule has 0 unspecified atom stereocenters. The van der Waals surface area contributed by atoms with E-state index < -0.39 is 0 Å². The highest BCUT2D eigenvalue weighted by Gasteiger charge is 2.03. The van der Waals surface area contributed by atoms with E-state index in [4.69, 9.17) is 5.73 Å². The van der Waals surface area contributed by atoms with Crippen LogP contribution in [0.15, 0.2) is 30.7 Å². The lowest BCUT2D eigenvalue weighted by Crippen LogP contribution is -2.10. The lowest BCUT2D eigenvalue weighted by Gasteiger charge is -2.08. The van der Waals surface area contributed by atoms with Crippen LogP contribution in [0.2, 0.25) is 0 Å². The Labute approximate surface area is 100 Å². The van der Waals surface area contributed by atoms with Crippen LogP contribution in [-0.2, 0) is 6.42 Å². The lowest BCUT2D eigenvalue weighted by molar-refractivity contribution is 0.947. The smallest absolute Gasteiger partial charge is 0.134 e. The van der Waals surface area contributed by atoms with E-state index in [0.717, 1.165) is 30.0 Å². The Morgan fingerprint density at radius 1 is 1.24 bits per heavy atom. The molecule has 0 amide bonds. The number of hydrogen-bond donors (Lipinski definition) is 2. The Morgan fingerprint density at radius 2 is 2.12 bits per heavy atom. The molecule has 2 aromatic rings. The second-order valence-corrected chi connectivity index (χ2v) is 3.73. The van der Waals surface area contributed by atoms with Gasteiger partial charge in [-0.3, -0.25) is 4.98 Å².